The molecule has 28 heavy (non-hydrogen) atoms. The van der Waals surface area contributed by atoms with Crippen LogP contribution in [0.5, 0.6) is 0 Å². The molecule has 3 aromatic heterocycles. The average molecular weight is 431 g/mol. The van der Waals surface area contributed by atoms with Gasteiger partial charge in [-0.1, -0.05) is 29.4 Å². The molecule has 3 heterocycles. The van der Waals surface area contributed by atoms with E-state index in [1.165, 1.54) is 11.8 Å². The number of thiophene rings is 1. The minimum absolute atomic E-state index is 0.0661. The monoisotopic (exact) mass is 430 g/mol. The van der Waals surface area contributed by atoms with Gasteiger partial charge in [0, 0.05) is 15.6 Å². The molecular formula is C19H15ClN4O2S2. The molecule has 0 bridgehead atoms. The molecule has 0 aliphatic heterocycles. The second-order valence-corrected chi connectivity index (χ2v) is 8.15. The largest absolute Gasteiger partial charge is 0.461 e. The van der Waals surface area contributed by atoms with E-state index in [9.17, 15) is 4.79 Å². The van der Waals surface area contributed by atoms with Crippen LogP contribution < -0.4 is 5.32 Å². The van der Waals surface area contributed by atoms with E-state index in [1.54, 1.807) is 35.8 Å². The number of hydrogen-bond acceptors (Lipinski definition) is 6. The summed E-state index contributed by atoms with van der Waals surface area (Å²) in [6.45, 7) is 0.526. The zero-order valence-corrected chi connectivity index (χ0v) is 16.9. The Balaban J connectivity index is 1.53. The predicted octanol–water partition coefficient (Wildman–Crippen LogP) is 4.65. The van der Waals surface area contributed by atoms with Crippen molar-refractivity contribution in [2.75, 3.05) is 5.75 Å². The summed E-state index contributed by atoms with van der Waals surface area (Å²) >= 11 is 8.94. The van der Waals surface area contributed by atoms with Crippen molar-refractivity contribution in [2.45, 2.75) is 11.7 Å². The van der Waals surface area contributed by atoms with Crippen molar-refractivity contribution in [2.24, 2.45) is 0 Å². The third kappa shape index (κ3) is 4.30. The second-order valence-electron chi connectivity index (χ2n) is 5.74. The average Bonchev–Trinajstić information content (AvgIpc) is 3.46. The quantitative estimate of drug-likeness (QED) is 0.432. The number of rotatable bonds is 7. The molecule has 4 aromatic rings. The van der Waals surface area contributed by atoms with Gasteiger partial charge >= 0.3 is 0 Å². The zero-order valence-electron chi connectivity index (χ0n) is 14.5. The summed E-state index contributed by atoms with van der Waals surface area (Å²) in [5, 5.41) is 14.7. The molecule has 4 rings (SSSR count). The van der Waals surface area contributed by atoms with Crippen LogP contribution in [0.15, 0.2) is 69.7 Å². The number of carbonyl (C=O) groups is 1. The number of nitrogens with zero attached hydrogens (tertiary/aromatic N) is 3. The maximum absolute atomic E-state index is 12.2. The van der Waals surface area contributed by atoms with Crippen LogP contribution in [0.3, 0.4) is 0 Å². The van der Waals surface area contributed by atoms with E-state index in [1.807, 2.05) is 40.3 Å². The smallest absolute Gasteiger partial charge is 0.230 e. The van der Waals surface area contributed by atoms with Crippen molar-refractivity contribution in [3.05, 3.63) is 70.1 Å². The Morgan fingerprint density at radius 3 is 2.75 bits per heavy atom. The summed E-state index contributed by atoms with van der Waals surface area (Å²) < 4.78 is 7.34. The van der Waals surface area contributed by atoms with Crippen LogP contribution in [-0.2, 0) is 11.3 Å². The van der Waals surface area contributed by atoms with Gasteiger partial charge < -0.3 is 9.73 Å². The second kappa shape index (κ2) is 8.64. The molecule has 0 fully saturated rings. The summed E-state index contributed by atoms with van der Waals surface area (Å²) in [7, 11) is 0. The van der Waals surface area contributed by atoms with Crippen molar-refractivity contribution >= 4 is 40.6 Å². The van der Waals surface area contributed by atoms with E-state index < -0.39 is 0 Å². The van der Waals surface area contributed by atoms with E-state index in [0.29, 0.717) is 28.3 Å². The number of carbonyl (C=O) groups excluding carboxylic acids is 1. The first-order chi connectivity index (χ1) is 13.7. The highest BCUT2D eigenvalue weighted by Crippen LogP contribution is 2.28. The number of halogens is 1. The number of hydrogen-bond donors (Lipinski definition) is 1. The van der Waals surface area contributed by atoms with Crippen molar-refractivity contribution < 1.29 is 9.21 Å². The summed E-state index contributed by atoms with van der Waals surface area (Å²) in [6.07, 6.45) is 1.58. The van der Waals surface area contributed by atoms with Gasteiger partial charge in [-0.3, -0.25) is 9.36 Å². The van der Waals surface area contributed by atoms with Crippen molar-refractivity contribution in [3.8, 4) is 17.3 Å². The van der Waals surface area contributed by atoms with E-state index in [2.05, 4.69) is 15.5 Å². The molecule has 0 unspecified atom stereocenters. The molecule has 0 aliphatic rings. The standard InChI is InChI=1S/C19H15ClN4O2S2/c20-13-5-7-14(8-6-13)24-18(16-4-1-9-26-16)22-23-19(24)28-12-17(25)21-11-15-3-2-10-27-15/h1-10H,11-12H2,(H,21,25). The van der Waals surface area contributed by atoms with Gasteiger partial charge in [0.1, 0.15) is 0 Å². The van der Waals surface area contributed by atoms with E-state index in [0.717, 1.165) is 10.6 Å². The predicted molar refractivity (Wildman–Crippen MR) is 111 cm³/mol. The van der Waals surface area contributed by atoms with Crippen LogP contribution in [0.25, 0.3) is 17.3 Å². The lowest BCUT2D eigenvalue weighted by molar-refractivity contribution is -0.118. The Morgan fingerprint density at radius 2 is 2.04 bits per heavy atom. The fourth-order valence-corrected chi connectivity index (χ4v) is 4.08. The third-order valence-corrected chi connectivity index (χ3v) is 5.89. The van der Waals surface area contributed by atoms with Crippen molar-refractivity contribution in [1.29, 1.82) is 0 Å². The van der Waals surface area contributed by atoms with Gasteiger partial charge in [0.25, 0.3) is 0 Å². The topological polar surface area (TPSA) is 73.0 Å². The number of furan rings is 1. The Morgan fingerprint density at radius 1 is 1.18 bits per heavy atom. The molecule has 0 radical (unpaired) electrons. The molecule has 9 heteroatoms. The molecule has 0 saturated carbocycles. The highest BCUT2D eigenvalue weighted by atomic mass is 35.5. The van der Waals surface area contributed by atoms with Crippen LogP contribution in [0.2, 0.25) is 5.02 Å². The Bertz CT molecular complexity index is 1040. The lowest BCUT2D eigenvalue weighted by Crippen LogP contribution is -2.24. The van der Waals surface area contributed by atoms with Crippen LogP contribution in [0.1, 0.15) is 4.88 Å². The molecular weight excluding hydrogens is 416 g/mol. The number of thioether (sulfide) groups is 1. The Kier molecular flexibility index (Phi) is 5.80. The van der Waals surface area contributed by atoms with E-state index in [4.69, 9.17) is 16.0 Å². The lowest BCUT2D eigenvalue weighted by atomic mass is 10.3. The fourth-order valence-electron chi connectivity index (χ4n) is 2.53. The van der Waals surface area contributed by atoms with Crippen LogP contribution in [-0.4, -0.2) is 26.4 Å². The van der Waals surface area contributed by atoms with Crippen LogP contribution in [0.4, 0.5) is 0 Å². The maximum atomic E-state index is 12.2. The van der Waals surface area contributed by atoms with Gasteiger partial charge in [-0.15, -0.1) is 21.5 Å². The first kappa shape index (κ1) is 18.8. The molecule has 142 valence electrons. The molecule has 6 nitrogen and oxygen atoms in total. The number of aromatic nitrogens is 3. The summed E-state index contributed by atoms with van der Waals surface area (Å²) in [6, 6.07) is 14.9. The number of nitrogens with one attached hydrogen (secondary N) is 1. The highest BCUT2D eigenvalue weighted by molar-refractivity contribution is 7.99. The van der Waals surface area contributed by atoms with Gasteiger partial charge in [-0.05, 0) is 47.8 Å². The van der Waals surface area contributed by atoms with Gasteiger partial charge in [-0.2, -0.15) is 0 Å². The Labute approximate surface area is 174 Å². The number of amides is 1. The third-order valence-electron chi connectivity index (χ3n) is 3.83. The normalized spacial score (nSPS) is 10.9. The SMILES string of the molecule is O=C(CSc1nnc(-c2ccco2)n1-c1ccc(Cl)cc1)NCc1cccs1. The zero-order chi connectivity index (χ0) is 19.3. The van der Waals surface area contributed by atoms with Crippen LogP contribution >= 0.6 is 34.7 Å². The Hall–Kier alpha value is -2.55. The lowest BCUT2D eigenvalue weighted by Gasteiger charge is -2.09. The van der Waals surface area contributed by atoms with Crippen LogP contribution in [0, 0.1) is 0 Å². The van der Waals surface area contributed by atoms with Gasteiger partial charge in [0.15, 0.2) is 10.9 Å². The van der Waals surface area contributed by atoms with Gasteiger partial charge in [0.05, 0.1) is 18.6 Å². The van der Waals surface area contributed by atoms with Gasteiger partial charge in [-0.25, -0.2) is 0 Å². The van der Waals surface area contributed by atoms with E-state index >= 15 is 0 Å². The highest BCUT2D eigenvalue weighted by Gasteiger charge is 2.19. The number of benzene rings is 1. The van der Waals surface area contributed by atoms with Crippen molar-refractivity contribution in [1.82, 2.24) is 20.1 Å². The summed E-state index contributed by atoms with van der Waals surface area (Å²) in [5.41, 5.74) is 0.835. The fraction of sp³-hybridized carbons (Fsp3) is 0.105. The minimum atomic E-state index is -0.0661. The van der Waals surface area contributed by atoms with Gasteiger partial charge in [0.2, 0.25) is 11.7 Å². The summed E-state index contributed by atoms with van der Waals surface area (Å²) in [5.74, 6) is 1.32. The maximum Gasteiger partial charge on any atom is 0.230 e. The first-order valence-corrected chi connectivity index (χ1v) is 10.6. The molecule has 0 saturated heterocycles. The summed E-state index contributed by atoms with van der Waals surface area (Å²) in [4.78, 5) is 13.3. The molecule has 1 N–H and O–H groups in total. The minimum Gasteiger partial charge on any atom is -0.461 e. The molecule has 0 atom stereocenters. The molecule has 0 aliphatic carbocycles. The molecule has 1 aromatic carbocycles. The molecule has 1 amide bonds. The molecule has 0 spiro atoms. The first-order valence-electron chi connectivity index (χ1n) is 8.38. The van der Waals surface area contributed by atoms with Crippen molar-refractivity contribution in [3.63, 3.8) is 0 Å². The van der Waals surface area contributed by atoms with E-state index in [-0.39, 0.29) is 11.7 Å².